The van der Waals surface area contributed by atoms with E-state index in [-0.39, 0.29) is 29.7 Å². The lowest BCUT2D eigenvalue weighted by molar-refractivity contribution is -0.384. The van der Waals surface area contributed by atoms with Gasteiger partial charge in [0.05, 0.1) is 10.6 Å². The van der Waals surface area contributed by atoms with Gasteiger partial charge < -0.3 is 4.90 Å². The summed E-state index contributed by atoms with van der Waals surface area (Å²) in [4.78, 5) is 37.2. The molecule has 0 bridgehead atoms. The van der Waals surface area contributed by atoms with E-state index >= 15 is 0 Å². The monoisotopic (exact) mass is 277 g/mol. The number of hydrogen-bond acceptors (Lipinski definition) is 4. The molecule has 2 rings (SSSR count). The Hall–Kier alpha value is -2.44. The van der Waals surface area contributed by atoms with E-state index in [1.54, 1.807) is 4.90 Å². The fraction of sp³-hybridized carbons (Fsp3) is 0.385. The molecule has 20 heavy (non-hydrogen) atoms. The van der Waals surface area contributed by atoms with E-state index in [1.165, 1.54) is 24.3 Å². The van der Waals surface area contributed by atoms with Crippen LogP contribution in [-0.2, 0) is 4.79 Å². The third-order valence-corrected chi connectivity index (χ3v) is 3.33. The number of nitro benzene ring substituents is 1. The zero-order valence-corrected chi connectivity index (χ0v) is 11.3. The van der Waals surface area contributed by atoms with Gasteiger partial charge in [0.25, 0.3) is 5.69 Å². The minimum atomic E-state index is -0.553. The summed E-state index contributed by atoms with van der Waals surface area (Å²) in [6, 6.07) is 4.95. The smallest absolute Gasteiger partial charge is 0.321 e. The van der Waals surface area contributed by atoms with Gasteiger partial charge in [-0.05, 0) is 19.9 Å². The molecule has 7 heteroatoms. The summed E-state index contributed by atoms with van der Waals surface area (Å²) in [5.41, 5.74) is 0.0873. The Morgan fingerprint density at radius 2 is 2.10 bits per heavy atom. The molecular formula is C13H15N3O4. The van der Waals surface area contributed by atoms with Crippen LogP contribution in [0, 0.1) is 10.1 Å². The zero-order chi connectivity index (χ0) is 14.9. The van der Waals surface area contributed by atoms with Crippen LogP contribution in [0.2, 0.25) is 0 Å². The van der Waals surface area contributed by atoms with Crippen molar-refractivity contribution in [3.63, 3.8) is 0 Å². The summed E-state index contributed by atoms with van der Waals surface area (Å²) in [7, 11) is 0. The maximum absolute atomic E-state index is 12.3. The lowest BCUT2D eigenvalue weighted by Crippen LogP contribution is -2.56. The Kier molecular flexibility index (Phi) is 3.69. The fourth-order valence-electron chi connectivity index (χ4n) is 2.32. The number of nitro groups is 1. The number of urea groups is 1. The van der Waals surface area contributed by atoms with E-state index in [1.807, 2.05) is 13.8 Å². The largest absolute Gasteiger partial charge is 0.331 e. The van der Waals surface area contributed by atoms with Crippen LogP contribution in [-0.4, -0.2) is 34.3 Å². The Labute approximate surface area is 115 Å². The molecule has 1 aliphatic rings. The molecule has 1 fully saturated rings. The second kappa shape index (κ2) is 5.28. The average molecular weight is 277 g/mol. The maximum Gasteiger partial charge on any atom is 0.331 e. The van der Waals surface area contributed by atoms with E-state index in [0.29, 0.717) is 6.54 Å². The maximum atomic E-state index is 12.3. The summed E-state index contributed by atoms with van der Waals surface area (Å²) < 4.78 is 0. The number of rotatable bonds is 3. The topological polar surface area (TPSA) is 83.8 Å². The minimum Gasteiger partial charge on any atom is -0.321 e. The highest BCUT2D eigenvalue weighted by atomic mass is 16.6. The number of carbonyl (C=O) groups is 2. The summed E-state index contributed by atoms with van der Waals surface area (Å²) in [5.74, 6) is -0.340. The van der Waals surface area contributed by atoms with Gasteiger partial charge in [0.1, 0.15) is 0 Å². The van der Waals surface area contributed by atoms with E-state index in [0.717, 1.165) is 4.90 Å². The summed E-state index contributed by atoms with van der Waals surface area (Å²) in [5, 5.41) is 10.8. The Morgan fingerprint density at radius 1 is 1.40 bits per heavy atom. The molecule has 0 N–H and O–H groups in total. The van der Waals surface area contributed by atoms with E-state index in [2.05, 4.69) is 0 Å². The molecule has 1 aliphatic heterocycles. The normalized spacial score (nSPS) is 19.4. The number of anilines is 1. The minimum absolute atomic E-state index is 0.148. The van der Waals surface area contributed by atoms with Crippen LogP contribution in [0.25, 0.3) is 0 Å². The predicted molar refractivity (Wildman–Crippen MR) is 72.4 cm³/mol. The summed E-state index contributed by atoms with van der Waals surface area (Å²) >= 11 is 0. The van der Waals surface area contributed by atoms with E-state index in [4.69, 9.17) is 0 Å². The Bertz CT molecular complexity index is 572. The van der Waals surface area contributed by atoms with Gasteiger partial charge >= 0.3 is 6.03 Å². The van der Waals surface area contributed by atoms with Crippen molar-refractivity contribution in [2.45, 2.75) is 26.3 Å². The van der Waals surface area contributed by atoms with Gasteiger partial charge in [-0.25, -0.2) is 9.69 Å². The van der Waals surface area contributed by atoms with Gasteiger partial charge in [-0.3, -0.25) is 14.9 Å². The number of imide groups is 1. The molecule has 3 amide bonds. The predicted octanol–water partition coefficient (Wildman–Crippen LogP) is 2.16. The van der Waals surface area contributed by atoms with Crippen molar-refractivity contribution in [1.29, 1.82) is 0 Å². The van der Waals surface area contributed by atoms with Crippen molar-refractivity contribution < 1.29 is 14.5 Å². The molecule has 0 spiro atoms. The Balaban J connectivity index is 2.40. The van der Waals surface area contributed by atoms with Crippen molar-refractivity contribution in [2.24, 2.45) is 0 Å². The SMILES string of the molecule is CCN1C(=O)N(c2cccc([N+](=O)[O-])c2)C(=O)CC1C. The second-order valence-corrected chi connectivity index (χ2v) is 4.63. The van der Waals surface area contributed by atoms with Gasteiger partial charge in [-0.2, -0.15) is 0 Å². The molecule has 1 heterocycles. The molecule has 1 aromatic rings. The van der Waals surface area contributed by atoms with Gasteiger partial charge in [0, 0.05) is 31.1 Å². The third-order valence-electron chi connectivity index (χ3n) is 3.33. The van der Waals surface area contributed by atoms with Crippen LogP contribution in [0.15, 0.2) is 24.3 Å². The van der Waals surface area contributed by atoms with Crippen LogP contribution >= 0.6 is 0 Å². The highest BCUT2D eigenvalue weighted by molar-refractivity contribution is 6.16. The lowest BCUT2D eigenvalue weighted by Gasteiger charge is -2.37. The number of nitrogens with zero attached hydrogens (tertiary/aromatic N) is 3. The third kappa shape index (κ3) is 2.34. The standard InChI is InChI=1S/C13H15N3O4/c1-3-14-9(2)7-12(17)15(13(14)18)10-5-4-6-11(8-10)16(19)20/h4-6,8-9H,3,7H2,1-2H3. The van der Waals surface area contributed by atoms with Crippen LogP contribution < -0.4 is 4.90 Å². The highest BCUT2D eigenvalue weighted by Crippen LogP contribution is 2.26. The number of amides is 3. The summed E-state index contributed by atoms with van der Waals surface area (Å²) in [6.45, 7) is 4.12. The van der Waals surface area contributed by atoms with Crippen LogP contribution in [0.4, 0.5) is 16.2 Å². The van der Waals surface area contributed by atoms with E-state index in [9.17, 15) is 19.7 Å². The fourth-order valence-corrected chi connectivity index (χ4v) is 2.32. The van der Waals surface area contributed by atoms with Gasteiger partial charge in [-0.15, -0.1) is 0 Å². The number of carbonyl (C=O) groups excluding carboxylic acids is 2. The van der Waals surface area contributed by atoms with Crippen LogP contribution in [0.1, 0.15) is 20.3 Å². The average Bonchev–Trinajstić information content (AvgIpc) is 2.39. The second-order valence-electron chi connectivity index (χ2n) is 4.63. The number of hydrogen-bond donors (Lipinski definition) is 0. The van der Waals surface area contributed by atoms with Gasteiger partial charge in [-0.1, -0.05) is 6.07 Å². The molecule has 1 atom stereocenters. The van der Waals surface area contributed by atoms with Crippen molar-refractivity contribution in [3.8, 4) is 0 Å². The van der Waals surface area contributed by atoms with Crippen LogP contribution in [0.3, 0.4) is 0 Å². The first-order valence-electron chi connectivity index (χ1n) is 6.33. The molecule has 106 valence electrons. The van der Waals surface area contributed by atoms with Gasteiger partial charge in [0.2, 0.25) is 5.91 Å². The molecule has 0 aromatic heterocycles. The molecule has 1 unspecified atom stereocenters. The van der Waals surface area contributed by atoms with Crippen molar-refractivity contribution in [2.75, 3.05) is 11.4 Å². The highest BCUT2D eigenvalue weighted by Gasteiger charge is 2.37. The first-order chi connectivity index (χ1) is 9.45. The quantitative estimate of drug-likeness (QED) is 0.626. The van der Waals surface area contributed by atoms with Crippen molar-refractivity contribution in [3.05, 3.63) is 34.4 Å². The number of non-ortho nitro benzene ring substituents is 1. The van der Waals surface area contributed by atoms with Crippen molar-refractivity contribution >= 4 is 23.3 Å². The molecular weight excluding hydrogens is 262 g/mol. The van der Waals surface area contributed by atoms with E-state index < -0.39 is 11.0 Å². The first kappa shape index (κ1) is 14.0. The zero-order valence-electron chi connectivity index (χ0n) is 11.3. The molecule has 1 saturated heterocycles. The van der Waals surface area contributed by atoms with Gasteiger partial charge in [0.15, 0.2) is 0 Å². The molecule has 0 aliphatic carbocycles. The molecule has 0 radical (unpaired) electrons. The lowest BCUT2D eigenvalue weighted by atomic mass is 10.1. The van der Waals surface area contributed by atoms with Crippen molar-refractivity contribution in [1.82, 2.24) is 4.90 Å². The molecule has 1 aromatic carbocycles. The molecule has 0 saturated carbocycles. The Morgan fingerprint density at radius 3 is 2.70 bits per heavy atom. The first-order valence-corrected chi connectivity index (χ1v) is 6.33. The van der Waals surface area contributed by atoms with Crippen LogP contribution in [0.5, 0.6) is 0 Å². The molecule has 7 nitrogen and oxygen atoms in total. The summed E-state index contributed by atoms with van der Waals surface area (Å²) in [6.07, 6.45) is 0.211. The number of benzene rings is 1.